The van der Waals surface area contributed by atoms with Gasteiger partial charge in [0.1, 0.15) is 0 Å². The lowest BCUT2D eigenvalue weighted by atomic mass is 9.72. The number of fused-ring (bicyclic) bond motifs is 3. The Morgan fingerprint density at radius 1 is 1.10 bits per heavy atom. The molecule has 21 heavy (non-hydrogen) atoms. The zero-order valence-corrected chi connectivity index (χ0v) is 13.2. The average molecular weight is 276 g/mol. The molecule has 3 aliphatic carbocycles. The van der Waals surface area contributed by atoms with E-state index in [2.05, 4.69) is 56.3 Å². The van der Waals surface area contributed by atoms with Crippen molar-refractivity contribution in [3.8, 4) is 0 Å². The van der Waals surface area contributed by atoms with Crippen LogP contribution in [0.5, 0.6) is 0 Å². The summed E-state index contributed by atoms with van der Waals surface area (Å²) in [7, 11) is 0. The number of rotatable bonds is 2. The van der Waals surface area contributed by atoms with Crippen LogP contribution in [0, 0.1) is 5.41 Å². The van der Waals surface area contributed by atoms with Crippen molar-refractivity contribution in [2.45, 2.75) is 51.9 Å². The first-order chi connectivity index (χ1) is 10.2. The first-order valence-corrected chi connectivity index (χ1v) is 8.38. The van der Waals surface area contributed by atoms with Gasteiger partial charge in [-0.3, -0.25) is 0 Å². The van der Waals surface area contributed by atoms with Crippen molar-refractivity contribution in [1.82, 2.24) is 0 Å². The molecule has 0 heterocycles. The van der Waals surface area contributed by atoms with Gasteiger partial charge < -0.3 is 0 Å². The van der Waals surface area contributed by atoms with E-state index in [1.807, 2.05) is 0 Å². The maximum atomic E-state index is 2.43. The van der Waals surface area contributed by atoms with Crippen molar-refractivity contribution in [1.29, 1.82) is 0 Å². The highest BCUT2D eigenvalue weighted by Crippen LogP contribution is 2.56. The minimum absolute atomic E-state index is 0.168. The van der Waals surface area contributed by atoms with E-state index in [0.29, 0.717) is 5.92 Å². The third-order valence-corrected chi connectivity index (χ3v) is 5.74. The molecule has 0 aliphatic heterocycles. The van der Waals surface area contributed by atoms with E-state index in [4.69, 9.17) is 0 Å². The molecule has 1 saturated carbocycles. The minimum Gasteiger partial charge on any atom is -0.0804 e. The van der Waals surface area contributed by atoms with Crippen LogP contribution in [0.15, 0.2) is 53.6 Å². The van der Waals surface area contributed by atoms with Crippen molar-refractivity contribution in [2.75, 3.05) is 0 Å². The Morgan fingerprint density at radius 3 is 2.76 bits per heavy atom. The maximum Gasteiger partial charge on any atom is 0.0117 e. The second kappa shape index (κ2) is 4.73. The standard InChI is InChI=1S/C21H24/c1-21(2,15-9-3-4-10-15)20-18-13-7-5-11-16(18)17-12-6-8-14-19(17)20/h3-5,7,9,11,13,17H,6,8,10,12,14H2,1-2H3. The third-order valence-electron chi connectivity index (χ3n) is 5.74. The second-order valence-electron chi connectivity index (χ2n) is 7.24. The minimum atomic E-state index is 0.168. The summed E-state index contributed by atoms with van der Waals surface area (Å²) in [6, 6.07) is 9.17. The van der Waals surface area contributed by atoms with E-state index in [0.717, 1.165) is 6.42 Å². The van der Waals surface area contributed by atoms with Crippen molar-refractivity contribution >= 4 is 5.57 Å². The van der Waals surface area contributed by atoms with Crippen LogP contribution in [-0.4, -0.2) is 0 Å². The molecule has 0 radical (unpaired) electrons. The highest BCUT2D eigenvalue weighted by Gasteiger charge is 2.40. The van der Waals surface area contributed by atoms with Crippen molar-refractivity contribution in [2.24, 2.45) is 5.41 Å². The van der Waals surface area contributed by atoms with Crippen LogP contribution in [-0.2, 0) is 0 Å². The molecule has 4 rings (SSSR count). The van der Waals surface area contributed by atoms with Gasteiger partial charge >= 0.3 is 0 Å². The van der Waals surface area contributed by atoms with Crippen LogP contribution in [0.25, 0.3) is 5.57 Å². The van der Waals surface area contributed by atoms with Crippen LogP contribution < -0.4 is 0 Å². The van der Waals surface area contributed by atoms with E-state index in [1.54, 1.807) is 22.3 Å². The quantitative estimate of drug-likeness (QED) is 0.619. The van der Waals surface area contributed by atoms with Crippen molar-refractivity contribution < 1.29 is 0 Å². The molecule has 0 aromatic heterocycles. The van der Waals surface area contributed by atoms with Crippen LogP contribution in [0.4, 0.5) is 0 Å². The Hall–Kier alpha value is -1.56. The van der Waals surface area contributed by atoms with Gasteiger partial charge in [-0.15, -0.1) is 0 Å². The van der Waals surface area contributed by atoms with Gasteiger partial charge in [-0.2, -0.15) is 0 Å². The molecule has 0 spiro atoms. The van der Waals surface area contributed by atoms with Gasteiger partial charge in [0.25, 0.3) is 0 Å². The van der Waals surface area contributed by atoms with Crippen LogP contribution in [0.3, 0.4) is 0 Å². The molecule has 0 heteroatoms. The third kappa shape index (κ3) is 1.88. The van der Waals surface area contributed by atoms with Gasteiger partial charge in [0, 0.05) is 11.3 Å². The lowest BCUT2D eigenvalue weighted by Crippen LogP contribution is -2.17. The summed E-state index contributed by atoms with van der Waals surface area (Å²) in [5.41, 5.74) is 8.28. The Bertz CT molecular complexity index is 667. The Labute approximate surface area is 128 Å². The first-order valence-electron chi connectivity index (χ1n) is 8.38. The summed E-state index contributed by atoms with van der Waals surface area (Å²) in [6.07, 6.45) is 13.4. The number of allylic oxidation sites excluding steroid dienone is 6. The van der Waals surface area contributed by atoms with E-state index >= 15 is 0 Å². The highest BCUT2D eigenvalue weighted by atomic mass is 14.4. The molecule has 0 nitrogen and oxygen atoms in total. The van der Waals surface area contributed by atoms with E-state index in [-0.39, 0.29) is 5.41 Å². The number of hydrogen-bond acceptors (Lipinski definition) is 0. The van der Waals surface area contributed by atoms with Crippen LogP contribution >= 0.6 is 0 Å². The molecule has 0 saturated heterocycles. The fraction of sp³-hybridized carbons (Fsp3) is 0.429. The summed E-state index contributed by atoms with van der Waals surface area (Å²) in [4.78, 5) is 0. The molecular weight excluding hydrogens is 252 g/mol. The number of benzene rings is 1. The molecule has 3 aliphatic rings. The van der Waals surface area contributed by atoms with Gasteiger partial charge in [0.05, 0.1) is 0 Å². The van der Waals surface area contributed by atoms with Gasteiger partial charge in [0.2, 0.25) is 0 Å². The average Bonchev–Trinajstić information content (AvgIpc) is 3.14. The summed E-state index contributed by atoms with van der Waals surface area (Å²) in [5, 5.41) is 0. The Kier molecular flexibility index (Phi) is 2.96. The van der Waals surface area contributed by atoms with Gasteiger partial charge in [-0.25, -0.2) is 0 Å². The topological polar surface area (TPSA) is 0 Å². The number of hydrogen-bond donors (Lipinski definition) is 0. The Balaban J connectivity index is 1.89. The molecule has 0 amide bonds. The molecule has 1 aromatic carbocycles. The van der Waals surface area contributed by atoms with Gasteiger partial charge in [0.15, 0.2) is 0 Å². The lowest BCUT2D eigenvalue weighted by Gasteiger charge is -2.32. The van der Waals surface area contributed by atoms with Crippen LogP contribution in [0.2, 0.25) is 0 Å². The van der Waals surface area contributed by atoms with Crippen molar-refractivity contribution in [3.05, 3.63) is 64.8 Å². The second-order valence-corrected chi connectivity index (χ2v) is 7.24. The molecule has 108 valence electrons. The normalized spacial score (nSPS) is 24.1. The molecule has 0 bridgehead atoms. The SMILES string of the molecule is CC(C)(C1=CC=CC1)C1=C2CCCCC2c2ccccc21. The summed E-state index contributed by atoms with van der Waals surface area (Å²) in [5.74, 6) is 0.708. The van der Waals surface area contributed by atoms with E-state index in [9.17, 15) is 0 Å². The van der Waals surface area contributed by atoms with E-state index in [1.165, 1.54) is 31.2 Å². The molecule has 1 unspecified atom stereocenters. The highest BCUT2D eigenvalue weighted by molar-refractivity contribution is 5.83. The first kappa shape index (κ1) is 13.1. The molecule has 1 atom stereocenters. The largest absolute Gasteiger partial charge is 0.0804 e. The smallest absolute Gasteiger partial charge is 0.0117 e. The molecule has 1 aromatic rings. The zero-order chi connectivity index (χ0) is 14.4. The fourth-order valence-electron chi connectivity index (χ4n) is 4.67. The predicted octanol–water partition coefficient (Wildman–Crippen LogP) is 6.02. The van der Waals surface area contributed by atoms with Gasteiger partial charge in [-0.1, -0.05) is 73.9 Å². The Morgan fingerprint density at radius 2 is 1.95 bits per heavy atom. The summed E-state index contributed by atoms with van der Waals surface area (Å²) < 4.78 is 0. The monoisotopic (exact) mass is 276 g/mol. The van der Waals surface area contributed by atoms with Gasteiger partial charge in [-0.05, 0) is 42.4 Å². The molecular formula is C21H24. The van der Waals surface area contributed by atoms with Crippen molar-refractivity contribution in [3.63, 3.8) is 0 Å². The fourth-order valence-corrected chi connectivity index (χ4v) is 4.67. The van der Waals surface area contributed by atoms with E-state index < -0.39 is 0 Å². The maximum absolute atomic E-state index is 2.43. The zero-order valence-electron chi connectivity index (χ0n) is 13.2. The predicted molar refractivity (Wildman–Crippen MR) is 90.2 cm³/mol. The van der Waals surface area contributed by atoms with Crippen LogP contribution in [0.1, 0.15) is 63.0 Å². The summed E-state index contributed by atoms with van der Waals surface area (Å²) >= 11 is 0. The lowest BCUT2D eigenvalue weighted by molar-refractivity contribution is 0.535. The molecule has 0 N–H and O–H groups in total. The molecule has 1 fully saturated rings. The summed E-state index contributed by atoms with van der Waals surface area (Å²) in [6.45, 7) is 4.86.